The maximum Gasteiger partial charge on any atom is 0.257 e. The molecule has 23 heavy (non-hydrogen) atoms. The molecule has 3 aromatic rings. The van der Waals surface area contributed by atoms with Gasteiger partial charge in [-0.15, -0.1) is 0 Å². The van der Waals surface area contributed by atoms with Crippen LogP contribution in [-0.2, 0) is 0 Å². The normalized spacial score (nSPS) is 10.1. The van der Waals surface area contributed by atoms with Crippen LogP contribution in [0.3, 0.4) is 0 Å². The lowest BCUT2D eigenvalue weighted by molar-refractivity contribution is 0.102. The van der Waals surface area contributed by atoms with Crippen LogP contribution in [0, 0.1) is 0 Å². The van der Waals surface area contributed by atoms with Crippen LogP contribution in [0.5, 0.6) is 11.8 Å². The molecule has 0 aliphatic rings. The third-order valence-corrected chi connectivity index (χ3v) is 3.03. The van der Waals surface area contributed by atoms with E-state index in [9.17, 15) is 4.79 Å². The zero-order chi connectivity index (χ0) is 16.1. The van der Waals surface area contributed by atoms with Crippen molar-refractivity contribution in [1.82, 2.24) is 15.0 Å². The van der Waals surface area contributed by atoms with Gasteiger partial charge in [-0.3, -0.25) is 9.78 Å². The van der Waals surface area contributed by atoms with Gasteiger partial charge in [-0.25, -0.2) is 9.97 Å². The molecule has 0 aliphatic carbocycles. The summed E-state index contributed by atoms with van der Waals surface area (Å²) < 4.78 is 5.46. The second-order valence-corrected chi connectivity index (χ2v) is 4.87. The highest BCUT2D eigenvalue weighted by molar-refractivity contribution is 6.29. The predicted octanol–water partition coefficient (Wildman–Crippen LogP) is 3.57. The van der Waals surface area contributed by atoms with E-state index in [-0.39, 0.29) is 5.91 Å². The number of carbonyl (C=O) groups is 1. The Balaban J connectivity index is 1.68. The van der Waals surface area contributed by atoms with Crippen molar-refractivity contribution >= 4 is 23.2 Å². The second kappa shape index (κ2) is 6.85. The molecule has 6 nitrogen and oxygen atoms in total. The molecule has 0 saturated heterocycles. The number of hydrogen-bond donors (Lipinski definition) is 1. The number of hydrogen-bond acceptors (Lipinski definition) is 5. The molecular weight excluding hydrogens is 316 g/mol. The monoisotopic (exact) mass is 326 g/mol. The van der Waals surface area contributed by atoms with Crippen LogP contribution in [0.25, 0.3) is 0 Å². The molecule has 3 aromatic heterocycles. The van der Waals surface area contributed by atoms with Gasteiger partial charge in [-0.05, 0) is 24.3 Å². The van der Waals surface area contributed by atoms with E-state index in [2.05, 4.69) is 20.3 Å². The molecule has 0 atom stereocenters. The Kier molecular flexibility index (Phi) is 4.44. The topological polar surface area (TPSA) is 77.0 Å². The minimum atomic E-state index is -0.280. The Bertz CT molecular complexity index is 810. The van der Waals surface area contributed by atoms with E-state index in [1.807, 2.05) is 0 Å². The molecule has 0 aliphatic heterocycles. The van der Waals surface area contributed by atoms with Crippen molar-refractivity contribution in [2.24, 2.45) is 0 Å². The molecule has 0 unspecified atom stereocenters. The summed E-state index contributed by atoms with van der Waals surface area (Å²) >= 11 is 5.79. The van der Waals surface area contributed by atoms with Gasteiger partial charge in [0.25, 0.3) is 5.91 Å². The summed E-state index contributed by atoms with van der Waals surface area (Å²) in [6, 6.07) is 11.7. The molecule has 1 amide bonds. The summed E-state index contributed by atoms with van der Waals surface area (Å²) in [6.07, 6.45) is 4.62. The van der Waals surface area contributed by atoms with E-state index in [0.717, 1.165) is 0 Å². The average molecular weight is 327 g/mol. The largest absolute Gasteiger partial charge is 0.421 e. The van der Waals surface area contributed by atoms with Crippen LogP contribution in [0.4, 0.5) is 5.69 Å². The number of pyridine rings is 3. The van der Waals surface area contributed by atoms with Crippen molar-refractivity contribution in [3.63, 3.8) is 0 Å². The number of nitrogens with zero attached hydrogens (tertiary/aromatic N) is 3. The van der Waals surface area contributed by atoms with Gasteiger partial charge in [0, 0.05) is 24.5 Å². The van der Waals surface area contributed by atoms with Gasteiger partial charge in [0.05, 0.1) is 17.4 Å². The molecule has 1 N–H and O–H groups in total. The Morgan fingerprint density at radius 1 is 1.04 bits per heavy atom. The molecule has 3 heterocycles. The summed E-state index contributed by atoms with van der Waals surface area (Å²) in [5.74, 6) is 0.369. The highest BCUT2D eigenvalue weighted by Crippen LogP contribution is 2.19. The van der Waals surface area contributed by atoms with Crippen molar-refractivity contribution < 1.29 is 9.53 Å². The lowest BCUT2D eigenvalue weighted by Gasteiger charge is -2.06. The van der Waals surface area contributed by atoms with Gasteiger partial charge in [0.15, 0.2) is 0 Å². The molecule has 114 valence electrons. The smallest absolute Gasteiger partial charge is 0.257 e. The molecule has 0 aromatic carbocycles. The van der Waals surface area contributed by atoms with Gasteiger partial charge in [0.2, 0.25) is 11.8 Å². The predicted molar refractivity (Wildman–Crippen MR) is 85.7 cm³/mol. The van der Waals surface area contributed by atoms with Crippen molar-refractivity contribution in [2.45, 2.75) is 0 Å². The Morgan fingerprint density at radius 3 is 2.65 bits per heavy atom. The summed E-state index contributed by atoms with van der Waals surface area (Å²) in [4.78, 5) is 24.1. The first-order chi connectivity index (χ1) is 11.2. The standard InChI is InChI=1S/C16H11ClN4O2/c17-13-4-1-5-15(21-13)23-14-7-6-11(9-19-14)16(22)20-12-3-2-8-18-10-12/h1-10H,(H,20,22). The number of nitrogens with one attached hydrogen (secondary N) is 1. The van der Waals surface area contributed by atoms with Gasteiger partial charge >= 0.3 is 0 Å². The van der Waals surface area contributed by atoms with Crippen molar-refractivity contribution in [1.29, 1.82) is 0 Å². The van der Waals surface area contributed by atoms with Crippen LogP contribution in [0.2, 0.25) is 5.15 Å². The second-order valence-electron chi connectivity index (χ2n) is 4.48. The molecule has 0 saturated carbocycles. The van der Waals surface area contributed by atoms with E-state index in [1.54, 1.807) is 54.9 Å². The Hall–Kier alpha value is -2.99. The number of ether oxygens (including phenoxy) is 1. The first kappa shape index (κ1) is 14.9. The summed E-state index contributed by atoms with van der Waals surface area (Å²) in [6.45, 7) is 0. The fourth-order valence-corrected chi connectivity index (χ4v) is 1.92. The fourth-order valence-electron chi connectivity index (χ4n) is 1.77. The zero-order valence-electron chi connectivity index (χ0n) is 11.8. The Morgan fingerprint density at radius 2 is 1.96 bits per heavy atom. The van der Waals surface area contributed by atoms with E-state index in [1.165, 1.54) is 6.20 Å². The number of rotatable bonds is 4. The van der Waals surface area contributed by atoms with Gasteiger partial charge in [-0.1, -0.05) is 17.7 Å². The van der Waals surface area contributed by atoms with Crippen molar-refractivity contribution in [3.8, 4) is 11.8 Å². The highest BCUT2D eigenvalue weighted by atomic mass is 35.5. The number of anilines is 1. The maximum absolute atomic E-state index is 12.1. The van der Waals surface area contributed by atoms with E-state index in [0.29, 0.717) is 28.2 Å². The molecule has 0 spiro atoms. The highest BCUT2D eigenvalue weighted by Gasteiger charge is 2.08. The van der Waals surface area contributed by atoms with Gasteiger partial charge in [-0.2, -0.15) is 0 Å². The quantitative estimate of drug-likeness (QED) is 0.742. The third-order valence-electron chi connectivity index (χ3n) is 2.82. The minimum absolute atomic E-state index is 0.280. The van der Waals surface area contributed by atoms with Crippen molar-refractivity contribution in [2.75, 3.05) is 5.32 Å². The van der Waals surface area contributed by atoms with Gasteiger partial charge in [0.1, 0.15) is 5.15 Å². The average Bonchev–Trinajstić information content (AvgIpc) is 2.56. The van der Waals surface area contributed by atoms with Crippen LogP contribution in [0.1, 0.15) is 10.4 Å². The van der Waals surface area contributed by atoms with E-state index in [4.69, 9.17) is 16.3 Å². The summed E-state index contributed by atoms with van der Waals surface area (Å²) in [7, 11) is 0. The number of halogens is 1. The first-order valence-corrected chi connectivity index (χ1v) is 7.06. The molecule has 0 bridgehead atoms. The zero-order valence-corrected chi connectivity index (χ0v) is 12.6. The molecule has 3 rings (SSSR count). The molecule has 0 radical (unpaired) electrons. The van der Waals surface area contributed by atoms with E-state index >= 15 is 0 Å². The lowest BCUT2D eigenvalue weighted by Crippen LogP contribution is -2.12. The fraction of sp³-hybridized carbons (Fsp3) is 0. The van der Waals surface area contributed by atoms with Crippen LogP contribution >= 0.6 is 11.6 Å². The lowest BCUT2D eigenvalue weighted by atomic mass is 10.2. The number of carbonyl (C=O) groups excluding carboxylic acids is 1. The molecular formula is C16H11ClN4O2. The first-order valence-electron chi connectivity index (χ1n) is 6.68. The van der Waals surface area contributed by atoms with Crippen LogP contribution < -0.4 is 10.1 Å². The third kappa shape index (κ3) is 4.02. The maximum atomic E-state index is 12.1. The molecule has 7 heteroatoms. The number of amides is 1. The van der Waals surface area contributed by atoms with Crippen LogP contribution in [0.15, 0.2) is 61.1 Å². The summed E-state index contributed by atoms with van der Waals surface area (Å²) in [5.41, 5.74) is 1.02. The van der Waals surface area contributed by atoms with E-state index < -0.39 is 0 Å². The van der Waals surface area contributed by atoms with Gasteiger partial charge < -0.3 is 10.1 Å². The summed E-state index contributed by atoms with van der Waals surface area (Å²) in [5, 5.41) is 3.05. The Labute approximate surface area is 137 Å². The SMILES string of the molecule is O=C(Nc1cccnc1)c1ccc(Oc2cccc(Cl)n2)nc1. The van der Waals surface area contributed by atoms with Crippen LogP contribution in [-0.4, -0.2) is 20.9 Å². The number of aromatic nitrogens is 3. The molecule has 0 fully saturated rings. The van der Waals surface area contributed by atoms with Crippen molar-refractivity contribution in [3.05, 3.63) is 71.8 Å². The minimum Gasteiger partial charge on any atom is -0.421 e.